The third kappa shape index (κ3) is 6.90. The van der Waals surface area contributed by atoms with Crippen LogP contribution in [0.4, 0.5) is 11.4 Å². The molecule has 184 valence electrons. The van der Waals surface area contributed by atoms with Crippen LogP contribution in [0.2, 0.25) is 0 Å². The van der Waals surface area contributed by atoms with Crippen molar-refractivity contribution in [1.82, 2.24) is 4.90 Å². The smallest absolute Gasteiger partial charge is 0.0637 e. The lowest BCUT2D eigenvalue weighted by atomic mass is 10.0. The summed E-state index contributed by atoms with van der Waals surface area (Å²) in [7, 11) is 6.98. The van der Waals surface area contributed by atoms with Crippen LogP contribution < -0.4 is 10.2 Å². The number of hydrogen-bond acceptors (Lipinski definition) is 8. The fourth-order valence-electron chi connectivity index (χ4n) is 4.14. The van der Waals surface area contributed by atoms with E-state index >= 15 is 0 Å². The molecule has 1 aliphatic heterocycles. The molecule has 7 nitrogen and oxygen atoms in total. The maximum atomic E-state index is 5.34. The van der Waals surface area contributed by atoms with Crippen LogP contribution in [-0.2, 0) is 18.9 Å². The van der Waals surface area contributed by atoms with Crippen LogP contribution in [0.3, 0.4) is 0 Å². The van der Waals surface area contributed by atoms with Crippen LogP contribution >= 0.6 is 11.8 Å². The van der Waals surface area contributed by atoms with Gasteiger partial charge in [-0.25, -0.2) is 0 Å². The Morgan fingerprint density at radius 2 is 1.42 bits per heavy atom. The number of ether oxygens (including phenoxy) is 4. The molecule has 1 aromatic carbocycles. The Hall–Kier alpha value is -1.71. The highest BCUT2D eigenvalue weighted by Crippen LogP contribution is 2.44. The highest BCUT2D eigenvalue weighted by atomic mass is 32.2. The minimum absolute atomic E-state index is 0.278. The van der Waals surface area contributed by atoms with Gasteiger partial charge in [0.15, 0.2) is 0 Å². The van der Waals surface area contributed by atoms with Crippen molar-refractivity contribution in [2.75, 3.05) is 91.3 Å². The minimum Gasteiger partial charge on any atom is -0.383 e. The maximum Gasteiger partial charge on any atom is 0.0637 e. The van der Waals surface area contributed by atoms with Gasteiger partial charge in [0, 0.05) is 70.9 Å². The van der Waals surface area contributed by atoms with Crippen molar-refractivity contribution in [3.8, 4) is 0 Å². The molecular formula is C25H39N3O4S. The van der Waals surface area contributed by atoms with Crippen LogP contribution in [0.25, 0.3) is 0 Å². The summed E-state index contributed by atoms with van der Waals surface area (Å²) in [6.45, 7) is 8.31. The number of anilines is 2. The molecule has 0 aromatic heterocycles. The Bertz CT molecular complexity index is 801. The van der Waals surface area contributed by atoms with Gasteiger partial charge in [-0.2, -0.15) is 0 Å². The van der Waals surface area contributed by atoms with E-state index in [1.54, 1.807) is 28.4 Å². The number of benzene rings is 1. The molecule has 33 heavy (non-hydrogen) atoms. The number of nitrogens with one attached hydrogen (secondary N) is 1. The molecular weight excluding hydrogens is 438 g/mol. The number of methoxy groups -OCH3 is 4. The van der Waals surface area contributed by atoms with Gasteiger partial charge < -0.3 is 34.1 Å². The van der Waals surface area contributed by atoms with Gasteiger partial charge in [-0.3, -0.25) is 0 Å². The number of rotatable bonds is 14. The quantitative estimate of drug-likeness (QED) is 0.438. The molecule has 3 rings (SSSR count). The first-order chi connectivity index (χ1) is 16.1. The van der Waals surface area contributed by atoms with Crippen molar-refractivity contribution in [3.63, 3.8) is 0 Å². The number of thioether (sulfide) groups is 1. The first kappa shape index (κ1) is 25.9. The van der Waals surface area contributed by atoms with Gasteiger partial charge in [0.2, 0.25) is 0 Å². The summed E-state index contributed by atoms with van der Waals surface area (Å²) in [4.78, 5) is 5.97. The number of hydrogen-bond donors (Lipinski definition) is 1. The van der Waals surface area contributed by atoms with E-state index in [-0.39, 0.29) is 6.04 Å². The zero-order valence-electron chi connectivity index (χ0n) is 20.6. The number of fused-ring (bicyclic) bond motifs is 2. The van der Waals surface area contributed by atoms with Crippen LogP contribution in [0, 0.1) is 6.92 Å². The second-order valence-corrected chi connectivity index (χ2v) is 9.50. The van der Waals surface area contributed by atoms with Gasteiger partial charge in [-0.05, 0) is 36.8 Å². The number of nitrogens with zero attached hydrogens (tertiary/aromatic N) is 2. The van der Waals surface area contributed by atoms with E-state index < -0.39 is 0 Å². The van der Waals surface area contributed by atoms with Crippen molar-refractivity contribution in [2.45, 2.75) is 23.1 Å². The predicted octanol–water partition coefficient (Wildman–Crippen LogP) is 3.40. The molecule has 2 atom stereocenters. The van der Waals surface area contributed by atoms with E-state index in [0.29, 0.717) is 31.7 Å². The summed E-state index contributed by atoms with van der Waals surface area (Å²) in [5, 5.41) is 4.10. The summed E-state index contributed by atoms with van der Waals surface area (Å²) >= 11 is 1.93. The Kier molecular flexibility index (Phi) is 10.4. The molecule has 1 heterocycles. The molecule has 1 N–H and O–H groups in total. The molecule has 8 heteroatoms. The topological polar surface area (TPSA) is 55.4 Å². The molecule has 2 unspecified atom stereocenters. The highest BCUT2D eigenvalue weighted by molar-refractivity contribution is 8.00. The Labute approximate surface area is 203 Å². The third-order valence-corrected chi connectivity index (χ3v) is 7.29. The van der Waals surface area contributed by atoms with Crippen LogP contribution in [0.1, 0.15) is 5.56 Å². The zero-order chi connectivity index (χ0) is 23.6. The Morgan fingerprint density at radius 3 is 2.00 bits per heavy atom. The van der Waals surface area contributed by atoms with Gasteiger partial charge >= 0.3 is 0 Å². The average Bonchev–Trinajstić information content (AvgIpc) is 2.83. The van der Waals surface area contributed by atoms with Gasteiger partial charge in [-0.1, -0.05) is 6.08 Å². The van der Waals surface area contributed by atoms with Crippen LogP contribution in [0.15, 0.2) is 41.0 Å². The lowest BCUT2D eigenvalue weighted by Gasteiger charge is -2.37. The first-order valence-corrected chi connectivity index (χ1v) is 12.4. The van der Waals surface area contributed by atoms with E-state index in [1.165, 1.54) is 27.5 Å². The summed E-state index contributed by atoms with van der Waals surface area (Å²) in [5.41, 5.74) is 4.95. The second-order valence-electron chi connectivity index (χ2n) is 8.28. The summed E-state index contributed by atoms with van der Waals surface area (Å²) in [5.74, 6) is 0. The highest BCUT2D eigenvalue weighted by Gasteiger charge is 2.30. The predicted molar refractivity (Wildman–Crippen MR) is 137 cm³/mol. The van der Waals surface area contributed by atoms with Crippen molar-refractivity contribution in [3.05, 3.63) is 41.6 Å². The third-order valence-electron chi connectivity index (χ3n) is 6.01. The van der Waals surface area contributed by atoms with Crippen LogP contribution in [-0.4, -0.2) is 97.2 Å². The van der Waals surface area contributed by atoms with Crippen molar-refractivity contribution < 1.29 is 18.9 Å². The molecule has 0 bridgehead atoms. The first-order valence-electron chi connectivity index (χ1n) is 11.5. The lowest BCUT2D eigenvalue weighted by molar-refractivity contribution is 0.133. The van der Waals surface area contributed by atoms with E-state index in [2.05, 4.69) is 52.4 Å². The summed E-state index contributed by atoms with van der Waals surface area (Å²) in [6, 6.07) is 4.85. The van der Waals surface area contributed by atoms with Gasteiger partial charge in [0.05, 0.1) is 43.4 Å². The van der Waals surface area contributed by atoms with E-state index in [0.717, 1.165) is 26.2 Å². The molecule has 1 aliphatic carbocycles. The normalized spacial score (nSPS) is 18.9. The fraction of sp³-hybridized carbons (Fsp3) is 0.600. The zero-order valence-corrected chi connectivity index (χ0v) is 21.5. The lowest BCUT2D eigenvalue weighted by Crippen LogP contribution is -2.37. The monoisotopic (exact) mass is 477 g/mol. The van der Waals surface area contributed by atoms with E-state index in [4.69, 9.17) is 18.9 Å². The van der Waals surface area contributed by atoms with Crippen molar-refractivity contribution in [1.29, 1.82) is 0 Å². The van der Waals surface area contributed by atoms with E-state index in [1.807, 2.05) is 11.8 Å². The molecule has 2 aliphatic rings. The molecule has 0 radical (unpaired) electrons. The second kappa shape index (κ2) is 13.2. The largest absolute Gasteiger partial charge is 0.383 e. The minimum atomic E-state index is 0.278. The number of allylic oxidation sites excluding steroid dienone is 1. The van der Waals surface area contributed by atoms with E-state index in [9.17, 15) is 0 Å². The Morgan fingerprint density at radius 1 is 0.848 bits per heavy atom. The fourth-order valence-corrected chi connectivity index (χ4v) is 5.48. The molecule has 1 aromatic rings. The van der Waals surface area contributed by atoms with Crippen LogP contribution in [0.5, 0.6) is 0 Å². The standard InChI is InChI=1S/C25H39N3O4S/c1-19-16-21(28(10-14-31-4)11-15-32-5)18-24-25(19)26-22-7-6-20(17-23(22)33-24)27(8-12-29-2)9-13-30-3/h6-7,16-18,22-23,26H,8-15H2,1-5H3. The Balaban J connectivity index is 1.82. The molecule has 0 spiro atoms. The average molecular weight is 478 g/mol. The molecule has 0 fully saturated rings. The van der Waals surface area contributed by atoms with Gasteiger partial charge in [-0.15, -0.1) is 11.8 Å². The number of aryl methyl sites for hydroxylation is 1. The summed E-state index contributed by atoms with van der Waals surface area (Å²) < 4.78 is 21.3. The van der Waals surface area contributed by atoms with Crippen molar-refractivity contribution in [2.24, 2.45) is 0 Å². The van der Waals surface area contributed by atoms with Crippen molar-refractivity contribution >= 4 is 23.1 Å². The SMILES string of the molecule is COCCN(CCOC)C1=CC2Sc3cc(N(CCOC)CCOC)cc(C)c3NC2C=C1. The molecule has 0 saturated heterocycles. The summed E-state index contributed by atoms with van der Waals surface area (Å²) in [6.07, 6.45) is 6.90. The van der Waals surface area contributed by atoms with Gasteiger partial charge in [0.1, 0.15) is 0 Å². The van der Waals surface area contributed by atoms with Gasteiger partial charge in [0.25, 0.3) is 0 Å². The maximum absolute atomic E-state index is 5.34. The molecule has 0 amide bonds. The molecule has 0 saturated carbocycles.